The Hall–Kier alpha value is -3.38. The zero-order valence-corrected chi connectivity index (χ0v) is 15.8. The molecule has 0 amide bonds. The molecule has 0 aliphatic heterocycles. The lowest BCUT2D eigenvalue weighted by atomic mass is 9.92. The van der Waals surface area contributed by atoms with E-state index in [0.29, 0.717) is 17.9 Å². The molecule has 5 nitrogen and oxygen atoms in total. The molecule has 0 fully saturated rings. The molecule has 2 N–H and O–H groups in total. The molecule has 0 bridgehead atoms. The maximum atomic E-state index is 13.4. The van der Waals surface area contributed by atoms with E-state index in [1.54, 1.807) is 24.3 Å². The van der Waals surface area contributed by atoms with Crippen molar-refractivity contribution in [3.63, 3.8) is 0 Å². The topological polar surface area (TPSA) is 76.0 Å². The van der Waals surface area contributed by atoms with Crippen LogP contribution in [0.5, 0.6) is 11.5 Å². The van der Waals surface area contributed by atoms with Crippen molar-refractivity contribution in [3.8, 4) is 11.5 Å². The Morgan fingerprint density at radius 3 is 2.31 bits per heavy atom. The first-order valence-electron chi connectivity index (χ1n) is 9.01. The number of aliphatic hydroxyl groups is 1. The lowest BCUT2D eigenvalue weighted by molar-refractivity contribution is -0.164. The van der Waals surface area contributed by atoms with Crippen molar-refractivity contribution < 1.29 is 28.9 Å². The van der Waals surface area contributed by atoms with Gasteiger partial charge < -0.3 is 19.7 Å². The Morgan fingerprint density at radius 2 is 1.69 bits per heavy atom. The molecule has 0 heterocycles. The van der Waals surface area contributed by atoms with Gasteiger partial charge in [-0.15, -0.1) is 0 Å². The number of carboxylic acid groups (broad SMARTS) is 1. The third-order valence-corrected chi connectivity index (χ3v) is 4.52. The van der Waals surface area contributed by atoms with Crippen LogP contribution in [0.15, 0.2) is 78.9 Å². The molecule has 0 aromatic heterocycles. The molecule has 2 unspecified atom stereocenters. The van der Waals surface area contributed by atoms with E-state index in [4.69, 9.17) is 9.47 Å². The van der Waals surface area contributed by atoms with Crippen molar-refractivity contribution in [1.29, 1.82) is 0 Å². The highest BCUT2D eigenvalue weighted by Gasteiger charge is 2.44. The van der Waals surface area contributed by atoms with E-state index < -0.39 is 23.5 Å². The van der Waals surface area contributed by atoms with Gasteiger partial charge in [0, 0.05) is 6.07 Å². The van der Waals surface area contributed by atoms with E-state index in [9.17, 15) is 19.4 Å². The number of rotatable bonds is 8. The van der Waals surface area contributed by atoms with Crippen molar-refractivity contribution in [2.75, 3.05) is 0 Å². The number of carboxylic acids is 1. The van der Waals surface area contributed by atoms with Crippen molar-refractivity contribution in [2.24, 2.45) is 0 Å². The van der Waals surface area contributed by atoms with Crippen LogP contribution in [0.4, 0.5) is 4.39 Å². The molecule has 0 saturated carbocycles. The molecule has 3 aromatic rings. The molecule has 3 aromatic carbocycles. The van der Waals surface area contributed by atoms with Crippen LogP contribution in [0.3, 0.4) is 0 Å². The van der Waals surface area contributed by atoms with Gasteiger partial charge in [-0.2, -0.15) is 0 Å². The fraction of sp³-hybridized carbons (Fsp3) is 0.174. The Morgan fingerprint density at radius 1 is 1.00 bits per heavy atom. The second-order valence-corrected chi connectivity index (χ2v) is 6.72. The summed E-state index contributed by atoms with van der Waals surface area (Å²) >= 11 is 0. The van der Waals surface area contributed by atoms with Gasteiger partial charge in [0.25, 0.3) is 0 Å². The van der Waals surface area contributed by atoms with Crippen LogP contribution < -0.4 is 9.47 Å². The molecule has 29 heavy (non-hydrogen) atoms. The predicted octanol–water partition coefficient (Wildman–Crippen LogP) is 4.36. The summed E-state index contributed by atoms with van der Waals surface area (Å²) in [5.41, 5.74) is -0.669. The van der Waals surface area contributed by atoms with Crippen LogP contribution in [0, 0.1) is 5.82 Å². The first-order chi connectivity index (χ1) is 13.9. The molecule has 6 heteroatoms. The minimum absolute atomic E-state index is 0.0109. The van der Waals surface area contributed by atoms with Gasteiger partial charge in [0.1, 0.15) is 30.0 Å². The summed E-state index contributed by atoms with van der Waals surface area (Å²) in [7, 11) is 0. The van der Waals surface area contributed by atoms with E-state index in [2.05, 4.69) is 0 Å². The van der Waals surface area contributed by atoms with Gasteiger partial charge >= 0.3 is 5.97 Å². The van der Waals surface area contributed by atoms with Gasteiger partial charge in [-0.3, -0.25) is 0 Å². The molecule has 0 saturated heterocycles. The minimum atomic E-state index is -2.01. The number of hydrogen-bond acceptors (Lipinski definition) is 4. The second kappa shape index (κ2) is 8.75. The molecule has 0 aliphatic rings. The summed E-state index contributed by atoms with van der Waals surface area (Å²) in [4.78, 5) is 11.8. The van der Waals surface area contributed by atoms with Crippen molar-refractivity contribution in [2.45, 2.75) is 25.2 Å². The fourth-order valence-electron chi connectivity index (χ4n) is 2.80. The van der Waals surface area contributed by atoms with Crippen LogP contribution in [-0.2, 0) is 11.4 Å². The average molecular weight is 396 g/mol. The molecule has 0 aliphatic carbocycles. The van der Waals surface area contributed by atoms with Crippen LogP contribution in [-0.4, -0.2) is 21.8 Å². The summed E-state index contributed by atoms with van der Waals surface area (Å²) in [6.45, 7) is 1.63. The first kappa shape index (κ1) is 20.4. The lowest BCUT2D eigenvalue weighted by Gasteiger charge is -2.31. The normalized spacial score (nSPS) is 13.9. The number of halogens is 1. The molecular formula is C23H21FO5. The maximum Gasteiger partial charge on any atom is 0.350 e. The molecule has 0 radical (unpaired) electrons. The Kier molecular flexibility index (Phi) is 6.14. The summed E-state index contributed by atoms with van der Waals surface area (Å²) in [5, 5.41) is 20.4. The van der Waals surface area contributed by atoms with Gasteiger partial charge in [-0.05, 0) is 42.3 Å². The van der Waals surface area contributed by atoms with Crippen LogP contribution >= 0.6 is 0 Å². The smallest absolute Gasteiger partial charge is 0.350 e. The highest BCUT2D eigenvalue weighted by Crippen LogP contribution is 2.32. The molecular weight excluding hydrogens is 375 g/mol. The van der Waals surface area contributed by atoms with Crippen molar-refractivity contribution in [1.82, 2.24) is 0 Å². The highest BCUT2D eigenvalue weighted by molar-refractivity contribution is 5.78. The SMILES string of the molecule is CC(Oc1cccc(F)c1)(C(=O)O)C(O)c1ccc(OCc2ccccc2)cc1. The quantitative estimate of drug-likeness (QED) is 0.592. The predicted molar refractivity (Wildman–Crippen MR) is 105 cm³/mol. The van der Waals surface area contributed by atoms with E-state index >= 15 is 0 Å². The van der Waals surface area contributed by atoms with Crippen LogP contribution in [0.25, 0.3) is 0 Å². The maximum absolute atomic E-state index is 13.4. The molecule has 3 rings (SSSR count). The number of hydrogen-bond donors (Lipinski definition) is 2. The third-order valence-electron chi connectivity index (χ3n) is 4.52. The Labute approximate surface area is 168 Å². The number of aliphatic hydroxyl groups excluding tert-OH is 1. The zero-order valence-electron chi connectivity index (χ0n) is 15.8. The molecule has 2 atom stereocenters. The standard InChI is InChI=1S/C23H21FO5/c1-23(22(26)27,29-20-9-5-8-18(24)14-20)21(25)17-10-12-19(13-11-17)28-15-16-6-3-2-4-7-16/h2-14,21,25H,15H2,1H3,(H,26,27). The first-order valence-corrected chi connectivity index (χ1v) is 9.01. The van der Waals surface area contributed by atoms with E-state index in [1.165, 1.54) is 25.1 Å². The number of benzene rings is 3. The van der Waals surface area contributed by atoms with Gasteiger partial charge in [-0.1, -0.05) is 48.5 Å². The monoisotopic (exact) mass is 396 g/mol. The highest BCUT2D eigenvalue weighted by atomic mass is 19.1. The van der Waals surface area contributed by atoms with Gasteiger partial charge in [-0.25, -0.2) is 9.18 Å². The number of carbonyl (C=O) groups is 1. The largest absolute Gasteiger partial charge is 0.489 e. The van der Waals surface area contributed by atoms with E-state index in [-0.39, 0.29) is 5.75 Å². The van der Waals surface area contributed by atoms with Gasteiger partial charge in [0.15, 0.2) is 0 Å². The molecule has 0 spiro atoms. The summed E-state index contributed by atoms with van der Waals surface area (Å²) in [5.74, 6) is -1.35. The fourth-order valence-corrected chi connectivity index (χ4v) is 2.80. The molecule has 150 valence electrons. The summed E-state index contributed by atoms with van der Waals surface area (Å²) < 4.78 is 24.6. The summed E-state index contributed by atoms with van der Waals surface area (Å²) in [6.07, 6.45) is -1.49. The van der Waals surface area contributed by atoms with Crippen molar-refractivity contribution >= 4 is 5.97 Å². The van der Waals surface area contributed by atoms with Gasteiger partial charge in [0.2, 0.25) is 5.60 Å². The van der Waals surface area contributed by atoms with Gasteiger partial charge in [0.05, 0.1) is 0 Å². The van der Waals surface area contributed by atoms with Crippen LogP contribution in [0.2, 0.25) is 0 Å². The third kappa shape index (κ3) is 4.92. The number of ether oxygens (including phenoxy) is 2. The van der Waals surface area contributed by atoms with E-state index in [0.717, 1.165) is 11.6 Å². The van der Waals surface area contributed by atoms with E-state index in [1.807, 2.05) is 30.3 Å². The average Bonchev–Trinajstić information content (AvgIpc) is 2.72. The number of aliphatic carboxylic acids is 1. The zero-order chi connectivity index (χ0) is 20.9. The Bertz CT molecular complexity index is 959. The lowest BCUT2D eigenvalue weighted by Crippen LogP contribution is -2.47. The summed E-state index contributed by atoms with van der Waals surface area (Å²) in [6, 6.07) is 21.2. The second-order valence-electron chi connectivity index (χ2n) is 6.72. The van der Waals surface area contributed by atoms with Crippen LogP contribution in [0.1, 0.15) is 24.2 Å². The Balaban J connectivity index is 1.74. The van der Waals surface area contributed by atoms with Crippen molar-refractivity contribution in [3.05, 3.63) is 95.8 Å². The minimum Gasteiger partial charge on any atom is -0.489 e.